The molecule has 1 heterocycles. The van der Waals surface area contributed by atoms with Gasteiger partial charge in [0, 0.05) is 0 Å². The molecule has 1 aliphatic rings. The number of aliphatic hydroxyl groups excluding tert-OH is 3. The van der Waals surface area contributed by atoms with Gasteiger partial charge in [-0.1, -0.05) is 0 Å². The molecule has 1 rings (SSSR count). The lowest BCUT2D eigenvalue weighted by Crippen LogP contribution is -2.59. The van der Waals surface area contributed by atoms with Gasteiger partial charge in [0.1, 0.15) is 24.4 Å². The SMILES string of the molecule is CC(C)O[C@H]1OC(COP(=O)(O)O)[C@@H](O)[C@H](O)C1O. The fourth-order valence-electron chi connectivity index (χ4n) is 1.61. The van der Waals surface area contributed by atoms with Gasteiger partial charge in [0.05, 0.1) is 12.7 Å². The summed E-state index contributed by atoms with van der Waals surface area (Å²) in [6.07, 6.45) is -7.34. The van der Waals surface area contributed by atoms with Crippen LogP contribution in [0, 0.1) is 0 Å². The first-order chi connectivity index (χ1) is 8.61. The van der Waals surface area contributed by atoms with E-state index in [9.17, 15) is 19.9 Å². The van der Waals surface area contributed by atoms with Crippen LogP contribution in [0.5, 0.6) is 0 Å². The number of hydrogen-bond donors (Lipinski definition) is 5. The van der Waals surface area contributed by atoms with Gasteiger partial charge in [-0.15, -0.1) is 0 Å². The highest BCUT2D eigenvalue weighted by atomic mass is 31.2. The van der Waals surface area contributed by atoms with Crippen LogP contribution in [0.1, 0.15) is 13.8 Å². The van der Waals surface area contributed by atoms with E-state index in [1.165, 1.54) is 0 Å². The Bertz CT molecular complexity index is 330. The van der Waals surface area contributed by atoms with Crippen molar-refractivity contribution in [3.05, 3.63) is 0 Å². The molecule has 0 saturated carbocycles. The summed E-state index contributed by atoms with van der Waals surface area (Å²) < 4.78 is 25.1. The van der Waals surface area contributed by atoms with E-state index >= 15 is 0 Å². The zero-order valence-corrected chi connectivity index (χ0v) is 11.4. The minimum atomic E-state index is -4.72. The molecule has 0 radical (unpaired) electrons. The molecule has 9 nitrogen and oxygen atoms in total. The third-order valence-corrected chi connectivity index (χ3v) is 2.97. The topological polar surface area (TPSA) is 146 Å². The van der Waals surface area contributed by atoms with Crippen molar-refractivity contribution in [3.8, 4) is 0 Å². The Morgan fingerprint density at radius 1 is 1.16 bits per heavy atom. The monoisotopic (exact) mass is 302 g/mol. The molecule has 114 valence electrons. The summed E-state index contributed by atoms with van der Waals surface area (Å²) in [5, 5.41) is 28.9. The van der Waals surface area contributed by atoms with Crippen molar-refractivity contribution in [2.75, 3.05) is 6.61 Å². The van der Waals surface area contributed by atoms with Gasteiger partial charge < -0.3 is 34.6 Å². The fourth-order valence-corrected chi connectivity index (χ4v) is 1.95. The van der Waals surface area contributed by atoms with Crippen LogP contribution >= 0.6 is 7.82 Å². The Hall–Kier alpha value is -0.0900. The second kappa shape index (κ2) is 6.57. The van der Waals surface area contributed by atoms with Crippen LogP contribution in [0.25, 0.3) is 0 Å². The third-order valence-electron chi connectivity index (χ3n) is 2.48. The maximum atomic E-state index is 10.6. The zero-order chi connectivity index (χ0) is 14.8. The lowest BCUT2D eigenvalue weighted by Gasteiger charge is -2.40. The van der Waals surface area contributed by atoms with Crippen molar-refractivity contribution < 1.29 is 43.7 Å². The molecule has 0 amide bonds. The minimum absolute atomic E-state index is 0.314. The van der Waals surface area contributed by atoms with Gasteiger partial charge in [0.25, 0.3) is 0 Å². The van der Waals surface area contributed by atoms with Crippen molar-refractivity contribution in [2.45, 2.75) is 50.7 Å². The van der Waals surface area contributed by atoms with Crippen LogP contribution in [0.15, 0.2) is 0 Å². The van der Waals surface area contributed by atoms with Crippen LogP contribution in [0.3, 0.4) is 0 Å². The smallest absolute Gasteiger partial charge is 0.387 e. The van der Waals surface area contributed by atoms with E-state index in [4.69, 9.17) is 19.3 Å². The van der Waals surface area contributed by atoms with Crippen LogP contribution < -0.4 is 0 Å². The van der Waals surface area contributed by atoms with Crippen LogP contribution in [0.2, 0.25) is 0 Å². The van der Waals surface area contributed by atoms with Gasteiger partial charge in [0.15, 0.2) is 6.29 Å². The second-order valence-corrected chi connectivity index (χ2v) is 5.73. The average molecular weight is 302 g/mol. The first-order valence-electron chi connectivity index (χ1n) is 5.67. The summed E-state index contributed by atoms with van der Waals surface area (Å²) in [6, 6.07) is 0. The van der Waals surface area contributed by atoms with Crippen molar-refractivity contribution in [2.24, 2.45) is 0 Å². The summed E-state index contributed by atoms with van der Waals surface area (Å²) in [4.78, 5) is 17.1. The van der Waals surface area contributed by atoms with Crippen molar-refractivity contribution >= 4 is 7.82 Å². The molecule has 0 bridgehead atoms. The maximum absolute atomic E-state index is 10.6. The van der Waals surface area contributed by atoms with Crippen LogP contribution in [-0.2, 0) is 18.6 Å². The zero-order valence-electron chi connectivity index (χ0n) is 10.5. The largest absolute Gasteiger partial charge is 0.469 e. The first kappa shape index (κ1) is 17.0. The molecule has 19 heavy (non-hydrogen) atoms. The number of hydrogen-bond acceptors (Lipinski definition) is 7. The quantitative estimate of drug-likeness (QED) is 0.376. The highest BCUT2D eigenvalue weighted by molar-refractivity contribution is 7.46. The molecule has 1 fully saturated rings. The van der Waals surface area contributed by atoms with Gasteiger partial charge in [0.2, 0.25) is 0 Å². The molecule has 10 heteroatoms. The Kier molecular flexibility index (Phi) is 5.87. The lowest BCUT2D eigenvalue weighted by atomic mass is 9.99. The van der Waals surface area contributed by atoms with E-state index in [0.29, 0.717) is 0 Å². The van der Waals surface area contributed by atoms with E-state index < -0.39 is 45.1 Å². The van der Waals surface area contributed by atoms with E-state index in [2.05, 4.69) is 4.52 Å². The summed E-state index contributed by atoms with van der Waals surface area (Å²) in [6.45, 7) is 2.70. The third kappa shape index (κ3) is 5.07. The molecule has 0 aromatic heterocycles. The normalized spacial score (nSPS) is 36.7. The van der Waals surface area contributed by atoms with Crippen molar-refractivity contribution in [1.29, 1.82) is 0 Å². The summed E-state index contributed by atoms with van der Waals surface area (Å²) in [5.74, 6) is 0. The number of rotatable bonds is 5. The molecule has 1 aliphatic heterocycles. The first-order valence-corrected chi connectivity index (χ1v) is 7.20. The summed E-state index contributed by atoms with van der Waals surface area (Å²) in [7, 11) is -4.72. The molecule has 2 unspecified atom stereocenters. The standard InChI is InChI=1S/C9H19O9P/c1-4(2)17-9-8(12)7(11)6(10)5(18-9)3-16-19(13,14)15/h4-12H,3H2,1-2H3,(H2,13,14,15)/t5?,6-,7+,8?,9+/m1/s1. The predicted octanol–water partition coefficient (Wildman–Crippen LogP) is -1.67. The average Bonchev–Trinajstić information content (AvgIpc) is 2.26. The number of aliphatic hydroxyl groups is 3. The lowest BCUT2D eigenvalue weighted by molar-refractivity contribution is -0.307. The number of phosphoric acid groups is 1. The van der Waals surface area contributed by atoms with Gasteiger partial charge in [-0.05, 0) is 13.8 Å². The Morgan fingerprint density at radius 3 is 2.21 bits per heavy atom. The predicted molar refractivity (Wildman–Crippen MR) is 60.9 cm³/mol. The molecule has 1 saturated heterocycles. The molecular formula is C9H19O9P. The summed E-state index contributed by atoms with van der Waals surface area (Å²) in [5.41, 5.74) is 0. The molecule has 0 aromatic carbocycles. The van der Waals surface area contributed by atoms with E-state index in [1.54, 1.807) is 13.8 Å². The Morgan fingerprint density at radius 2 is 1.74 bits per heavy atom. The summed E-state index contributed by atoms with van der Waals surface area (Å²) >= 11 is 0. The molecule has 0 aliphatic carbocycles. The second-order valence-electron chi connectivity index (χ2n) is 4.49. The van der Waals surface area contributed by atoms with E-state index in [1.807, 2.05) is 0 Å². The van der Waals surface area contributed by atoms with Crippen LogP contribution in [0.4, 0.5) is 0 Å². The van der Waals surface area contributed by atoms with Gasteiger partial charge >= 0.3 is 7.82 Å². The maximum Gasteiger partial charge on any atom is 0.469 e. The molecular weight excluding hydrogens is 283 g/mol. The number of ether oxygens (including phenoxy) is 2. The van der Waals surface area contributed by atoms with Crippen LogP contribution in [-0.4, -0.2) is 68.5 Å². The Balaban J connectivity index is 2.67. The van der Waals surface area contributed by atoms with Crippen molar-refractivity contribution in [3.63, 3.8) is 0 Å². The molecule has 5 atom stereocenters. The number of phosphoric ester groups is 1. The van der Waals surface area contributed by atoms with Gasteiger partial charge in [-0.25, -0.2) is 4.57 Å². The van der Waals surface area contributed by atoms with Gasteiger partial charge in [-0.2, -0.15) is 0 Å². The molecule has 5 N–H and O–H groups in total. The van der Waals surface area contributed by atoms with Gasteiger partial charge in [-0.3, -0.25) is 4.52 Å². The van der Waals surface area contributed by atoms with E-state index in [-0.39, 0.29) is 6.10 Å². The van der Waals surface area contributed by atoms with E-state index in [0.717, 1.165) is 0 Å². The highest BCUT2D eigenvalue weighted by Gasteiger charge is 2.45. The molecule has 0 aromatic rings. The van der Waals surface area contributed by atoms with Crippen molar-refractivity contribution in [1.82, 2.24) is 0 Å². The Labute approximate surface area is 110 Å². The molecule has 0 spiro atoms. The minimum Gasteiger partial charge on any atom is -0.387 e. The fraction of sp³-hybridized carbons (Fsp3) is 1.00. The highest BCUT2D eigenvalue weighted by Crippen LogP contribution is 2.37.